The van der Waals surface area contributed by atoms with E-state index in [1.165, 1.54) is 13.2 Å². The molecule has 36 heavy (non-hydrogen) atoms. The standard InChI is InChI=1S/C26H35F3N2O5/c1-18(2)17-35-23(33)30-13-10-24(11-14-30)7-4-12-31(24)16-19-5-6-20(26(27,28)29)15-21(19)36-25(8-9-25)22(32)34-3/h5-6,15,18H,4,7-14,16-17H2,1-3H3. The van der Waals surface area contributed by atoms with E-state index in [2.05, 4.69) is 4.90 Å². The smallest absolute Gasteiger partial charge is 0.416 e. The average Bonchev–Trinajstić information content (AvgIpc) is 3.53. The molecular weight excluding hydrogens is 477 g/mol. The second kappa shape index (κ2) is 10.1. The third-order valence-electron chi connectivity index (χ3n) is 7.56. The quantitative estimate of drug-likeness (QED) is 0.479. The first kappa shape index (κ1) is 26.6. The van der Waals surface area contributed by atoms with E-state index in [-0.39, 0.29) is 23.3 Å². The highest BCUT2D eigenvalue weighted by molar-refractivity contribution is 5.83. The zero-order chi connectivity index (χ0) is 26.1. The van der Waals surface area contributed by atoms with Gasteiger partial charge in [0, 0.05) is 43.6 Å². The Morgan fingerprint density at radius 3 is 2.33 bits per heavy atom. The Hall–Kier alpha value is -2.49. The van der Waals surface area contributed by atoms with Gasteiger partial charge in [-0.2, -0.15) is 13.2 Å². The van der Waals surface area contributed by atoms with Gasteiger partial charge in [0.25, 0.3) is 0 Å². The van der Waals surface area contributed by atoms with E-state index in [4.69, 9.17) is 14.2 Å². The fourth-order valence-electron chi connectivity index (χ4n) is 5.26. The largest absolute Gasteiger partial charge is 0.475 e. The molecule has 0 N–H and O–H groups in total. The molecule has 2 aliphatic heterocycles. The van der Waals surface area contributed by atoms with Crippen molar-refractivity contribution < 1.29 is 37.0 Å². The first-order chi connectivity index (χ1) is 17.0. The van der Waals surface area contributed by atoms with E-state index in [0.29, 0.717) is 44.6 Å². The van der Waals surface area contributed by atoms with Crippen molar-refractivity contribution >= 4 is 12.1 Å². The van der Waals surface area contributed by atoms with Crippen LogP contribution >= 0.6 is 0 Å². The molecule has 1 amide bonds. The average molecular weight is 513 g/mol. The Morgan fingerprint density at radius 2 is 1.75 bits per heavy atom. The maximum absolute atomic E-state index is 13.5. The molecule has 1 aliphatic carbocycles. The molecule has 1 aromatic carbocycles. The van der Waals surface area contributed by atoms with Crippen LogP contribution in [0, 0.1) is 5.92 Å². The molecule has 1 spiro atoms. The van der Waals surface area contributed by atoms with Crippen LogP contribution in [-0.2, 0) is 27.0 Å². The highest BCUT2D eigenvalue weighted by atomic mass is 19.4. The lowest BCUT2D eigenvalue weighted by atomic mass is 9.85. The van der Waals surface area contributed by atoms with Gasteiger partial charge >= 0.3 is 18.2 Å². The monoisotopic (exact) mass is 512 g/mol. The van der Waals surface area contributed by atoms with Crippen LogP contribution in [0.3, 0.4) is 0 Å². The van der Waals surface area contributed by atoms with Crippen molar-refractivity contribution in [2.75, 3.05) is 33.4 Å². The van der Waals surface area contributed by atoms with Gasteiger partial charge in [-0.15, -0.1) is 0 Å². The number of esters is 1. The second-order valence-corrected chi connectivity index (χ2v) is 10.6. The Bertz CT molecular complexity index is 969. The fourth-order valence-corrected chi connectivity index (χ4v) is 5.26. The van der Waals surface area contributed by atoms with Crippen molar-refractivity contribution in [1.29, 1.82) is 0 Å². The number of hydrogen-bond acceptors (Lipinski definition) is 6. The summed E-state index contributed by atoms with van der Waals surface area (Å²) in [5.41, 5.74) is -1.54. The van der Waals surface area contributed by atoms with Gasteiger partial charge in [-0.3, -0.25) is 4.90 Å². The van der Waals surface area contributed by atoms with E-state index in [1.54, 1.807) is 4.90 Å². The van der Waals surface area contributed by atoms with Crippen LogP contribution in [0.1, 0.15) is 63.5 Å². The molecule has 0 atom stereocenters. The number of rotatable bonds is 7. The number of carbonyl (C=O) groups is 2. The van der Waals surface area contributed by atoms with Crippen molar-refractivity contribution in [2.45, 2.75) is 76.2 Å². The molecule has 0 bridgehead atoms. The SMILES string of the molecule is COC(=O)C1(Oc2cc(C(F)(F)F)ccc2CN2CCCC23CCN(C(=O)OCC(C)C)CC3)CC1. The van der Waals surface area contributed by atoms with Crippen LogP contribution in [0.4, 0.5) is 18.0 Å². The van der Waals surface area contributed by atoms with Gasteiger partial charge in [0.15, 0.2) is 0 Å². The lowest BCUT2D eigenvalue weighted by molar-refractivity contribution is -0.151. The summed E-state index contributed by atoms with van der Waals surface area (Å²) < 4.78 is 56.5. The lowest BCUT2D eigenvalue weighted by Crippen LogP contribution is -2.53. The fraction of sp³-hybridized carbons (Fsp3) is 0.692. The number of methoxy groups -OCH3 is 1. The molecule has 7 nitrogen and oxygen atoms in total. The Balaban J connectivity index is 1.50. The van der Waals surface area contributed by atoms with E-state index in [9.17, 15) is 22.8 Å². The van der Waals surface area contributed by atoms with Crippen molar-refractivity contribution in [3.05, 3.63) is 29.3 Å². The molecule has 1 saturated carbocycles. The number of carbonyl (C=O) groups excluding carboxylic acids is 2. The highest BCUT2D eigenvalue weighted by Gasteiger charge is 2.55. The van der Waals surface area contributed by atoms with Gasteiger partial charge in [0.1, 0.15) is 5.75 Å². The van der Waals surface area contributed by atoms with Gasteiger partial charge in [0.2, 0.25) is 5.60 Å². The van der Waals surface area contributed by atoms with Gasteiger partial charge in [-0.1, -0.05) is 19.9 Å². The summed E-state index contributed by atoms with van der Waals surface area (Å²) >= 11 is 0. The molecule has 4 rings (SSSR count). The zero-order valence-corrected chi connectivity index (χ0v) is 21.2. The van der Waals surface area contributed by atoms with Gasteiger partial charge in [0.05, 0.1) is 19.3 Å². The third-order valence-corrected chi connectivity index (χ3v) is 7.56. The van der Waals surface area contributed by atoms with E-state index < -0.39 is 23.3 Å². The summed E-state index contributed by atoms with van der Waals surface area (Å²) in [6, 6.07) is 3.51. The minimum absolute atomic E-state index is 0.0736. The van der Waals surface area contributed by atoms with E-state index >= 15 is 0 Å². The van der Waals surface area contributed by atoms with Crippen LogP contribution in [0.25, 0.3) is 0 Å². The van der Waals surface area contributed by atoms with Crippen LogP contribution in [0.5, 0.6) is 5.75 Å². The molecule has 1 aromatic rings. The van der Waals surface area contributed by atoms with Crippen molar-refractivity contribution in [3.8, 4) is 5.75 Å². The van der Waals surface area contributed by atoms with Crippen LogP contribution in [-0.4, -0.2) is 66.4 Å². The Morgan fingerprint density at radius 1 is 1.06 bits per heavy atom. The molecule has 200 valence electrons. The maximum atomic E-state index is 13.5. The molecule has 0 unspecified atom stereocenters. The van der Waals surface area contributed by atoms with Crippen molar-refractivity contribution in [2.24, 2.45) is 5.92 Å². The Kier molecular flexibility index (Phi) is 7.46. The first-order valence-electron chi connectivity index (χ1n) is 12.6. The summed E-state index contributed by atoms with van der Waals surface area (Å²) in [5.74, 6) is -0.228. The number of halogens is 3. The zero-order valence-electron chi connectivity index (χ0n) is 21.2. The van der Waals surface area contributed by atoms with Crippen LogP contribution < -0.4 is 4.74 Å². The molecule has 0 radical (unpaired) electrons. The summed E-state index contributed by atoms with van der Waals surface area (Å²) in [6.07, 6.45) is -0.522. The second-order valence-electron chi connectivity index (χ2n) is 10.6. The summed E-state index contributed by atoms with van der Waals surface area (Å²) in [4.78, 5) is 28.7. The number of hydrogen-bond donors (Lipinski definition) is 0. The van der Waals surface area contributed by atoms with E-state index in [0.717, 1.165) is 44.4 Å². The summed E-state index contributed by atoms with van der Waals surface area (Å²) in [6.45, 7) is 6.73. The molecule has 10 heteroatoms. The summed E-state index contributed by atoms with van der Waals surface area (Å²) in [5, 5.41) is 0. The van der Waals surface area contributed by atoms with Crippen molar-refractivity contribution in [3.63, 3.8) is 0 Å². The number of ether oxygens (including phenoxy) is 3. The minimum atomic E-state index is -4.52. The molecule has 3 aliphatic rings. The number of likely N-dealkylation sites (tertiary alicyclic amines) is 2. The third kappa shape index (κ3) is 5.58. The maximum Gasteiger partial charge on any atom is 0.416 e. The topological polar surface area (TPSA) is 68.3 Å². The van der Waals surface area contributed by atoms with Crippen LogP contribution in [0.2, 0.25) is 0 Å². The predicted molar refractivity (Wildman–Crippen MR) is 125 cm³/mol. The molecule has 0 aromatic heterocycles. The van der Waals surface area contributed by atoms with Crippen molar-refractivity contribution in [1.82, 2.24) is 9.80 Å². The highest BCUT2D eigenvalue weighted by Crippen LogP contribution is 2.45. The number of piperidine rings is 1. The van der Waals surface area contributed by atoms with Gasteiger partial charge < -0.3 is 19.1 Å². The molecule has 3 fully saturated rings. The molecule has 2 saturated heterocycles. The number of amides is 1. The molecular formula is C26H35F3N2O5. The minimum Gasteiger partial charge on any atom is -0.475 e. The van der Waals surface area contributed by atoms with E-state index in [1.807, 2.05) is 13.8 Å². The van der Waals surface area contributed by atoms with Crippen LogP contribution in [0.15, 0.2) is 18.2 Å². The first-order valence-corrected chi connectivity index (χ1v) is 12.6. The Labute approximate surface area is 209 Å². The van der Waals surface area contributed by atoms with Gasteiger partial charge in [-0.05, 0) is 50.3 Å². The number of nitrogens with zero attached hydrogens (tertiary/aromatic N) is 2. The lowest BCUT2D eigenvalue weighted by Gasteiger charge is -2.45. The van der Waals surface area contributed by atoms with Gasteiger partial charge in [-0.25, -0.2) is 9.59 Å². The number of benzene rings is 1. The normalized spacial score (nSPS) is 21.0. The summed E-state index contributed by atoms with van der Waals surface area (Å²) in [7, 11) is 1.25. The molecule has 2 heterocycles. The predicted octanol–water partition coefficient (Wildman–Crippen LogP) is 5.01. The number of alkyl halides is 3.